The summed E-state index contributed by atoms with van der Waals surface area (Å²) < 4.78 is 2.23. The van der Waals surface area contributed by atoms with Crippen LogP contribution in [0.3, 0.4) is 0 Å². The van der Waals surface area contributed by atoms with Gasteiger partial charge in [0.15, 0.2) is 0 Å². The lowest BCUT2D eigenvalue weighted by Gasteiger charge is -2.05. The van der Waals surface area contributed by atoms with Crippen LogP contribution in [0.4, 0.5) is 0 Å². The normalized spacial score (nSPS) is 10.8. The van der Waals surface area contributed by atoms with Gasteiger partial charge in [-0.3, -0.25) is 0 Å². The van der Waals surface area contributed by atoms with E-state index in [2.05, 4.69) is 53.1 Å². The Morgan fingerprint density at radius 3 is 2.50 bits per heavy atom. The Kier molecular flexibility index (Phi) is 2.22. The van der Waals surface area contributed by atoms with Crippen LogP contribution in [0.2, 0.25) is 0 Å². The zero-order chi connectivity index (χ0) is 10.8. The Hall–Kier alpha value is -2.02. The van der Waals surface area contributed by atoms with E-state index in [1.165, 1.54) is 16.5 Å². The highest BCUT2D eigenvalue weighted by Crippen LogP contribution is 2.15. The van der Waals surface area contributed by atoms with Gasteiger partial charge in [-0.25, -0.2) is 0 Å². The van der Waals surface area contributed by atoms with Crippen molar-refractivity contribution in [1.29, 1.82) is 0 Å². The monoisotopic (exact) mass is 206 g/mol. The van der Waals surface area contributed by atoms with Crippen molar-refractivity contribution in [1.82, 2.24) is 4.57 Å². The first-order valence-corrected chi connectivity index (χ1v) is 5.43. The Balaban J connectivity index is 2.01. The van der Waals surface area contributed by atoms with Crippen molar-refractivity contribution in [3.8, 4) is 0 Å². The van der Waals surface area contributed by atoms with E-state index in [-0.39, 0.29) is 0 Å². The molecule has 3 aromatic rings. The first-order valence-electron chi connectivity index (χ1n) is 5.43. The lowest BCUT2D eigenvalue weighted by atomic mass is 10.2. The minimum Gasteiger partial charge on any atom is -0.342 e. The summed E-state index contributed by atoms with van der Waals surface area (Å²) in [4.78, 5) is 0. The fourth-order valence-corrected chi connectivity index (χ4v) is 1.97. The Morgan fingerprint density at radius 1 is 0.875 bits per heavy atom. The first-order chi connectivity index (χ1) is 7.93. The molecule has 0 amide bonds. The topological polar surface area (TPSA) is 4.93 Å². The van der Waals surface area contributed by atoms with Crippen molar-refractivity contribution in [2.75, 3.05) is 0 Å². The molecule has 1 heteroatoms. The molecular weight excluding hydrogens is 194 g/mol. The predicted octanol–water partition coefficient (Wildman–Crippen LogP) is 3.49. The van der Waals surface area contributed by atoms with Gasteiger partial charge in [-0.05, 0) is 11.6 Å². The molecule has 0 fully saturated rings. The summed E-state index contributed by atoms with van der Waals surface area (Å²) in [7, 11) is 0. The maximum Gasteiger partial charge on any atom is 0.0489 e. The van der Waals surface area contributed by atoms with Crippen molar-refractivity contribution in [2.45, 2.75) is 6.54 Å². The summed E-state index contributed by atoms with van der Waals surface area (Å²) >= 11 is 0. The van der Waals surface area contributed by atoms with Crippen LogP contribution in [0.5, 0.6) is 0 Å². The van der Waals surface area contributed by atoms with Gasteiger partial charge < -0.3 is 4.57 Å². The van der Waals surface area contributed by atoms with Crippen LogP contribution in [0.25, 0.3) is 10.9 Å². The summed E-state index contributed by atoms with van der Waals surface area (Å²) in [5.41, 5.74) is 2.56. The summed E-state index contributed by atoms with van der Waals surface area (Å²) in [6.45, 7) is 0.908. The van der Waals surface area contributed by atoms with Crippen LogP contribution in [0.1, 0.15) is 5.56 Å². The molecule has 0 spiro atoms. The van der Waals surface area contributed by atoms with Gasteiger partial charge in [-0.15, -0.1) is 0 Å². The van der Waals surface area contributed by atoms with Gasteiger partial charge in [0.1, 0.15) is 0 Å². The molecule has 0 saturated heterocycles. The first kappa shape index (κ1) is 9.22. The van der Waals surface area contributed by atoms with E-state index >= 15 is 0 Å². The second kappa shape index (κ2) is 3.86. The Bertz CT molecular complexity index is 593. The Morgan fingerprint density at radius 2 is 1.62 bits per heavy atom. The number of hydrogen-bond donors (Lipinski definition) is 0. The molecule has 16 heavy (non-hydrogen) atoms. The second-order valence-corrected chi connectivity index (χ2v) is 3.90. The maximum atomic E-state index is 3.27. The van der Waals surface area contributed by atoms with Crippen molar-refractivity contribution < 1.29 is 0 Å². The van der Waals surface area contributed by atoms with E-state index in [1.807, 2.05) is 18.3 Å². The van der Waals surface area contributed by atoms with Gasteiger partial charge >= 0.3 is 0 Å². The highest BCUT2D eigenvalue weighted by molar-refractivity contribution is 5.79. The molecule has 0 saturated carbocycles. The van der Waals surface area contributed by atoms with Gasteiger partial charge in [0, 0.05) is 29.7 Å². The molecular formula is C15H12N. The minimum absolute atomic E-state index is 0.908. The van der Waals surface area contributed by atoms with E-state index in [4.69, 9.17) is 0 Å². The third-order valence-corrected chi connectivity index (χ3v) is 2.79. The number of fused-ring (bicyclic) bond motifs is 1. The van der Waals surface area contributed by atoms with E-state index in [1.54, 1.807) is 0 Å². The molecule has 1 nitrogen and oxygen atoms in total. The number of para-hydroxylation sites is 1. The average Bonchev–Trinajstić information content (AvgIpc) is 2.74. The third kappa shape index (κ3) is 1.61. The summed E-state index contributed by atoms with van der Waals surface area (Å²) in [6.07, 6.45) is 2.03. The average molecular weight is 206 g/mol. The largest absolute Gasteiger partial charge is 0.342 e. The quantitative estimate of drug-likeness (QED) is 0.605. The second-order valence-electron chi connectivity index (χ2n) is 3.90. The SMILES string of the molecule is [c]1cn(Cc2ccccc2)c2ccccc12. The van der Waals surface area contributed by atoms with Crippen molar-refractivity contribution in [3.05, 3.63) is 72.4 Å². The molecule has 0 aliphatic carbocycles. The van der Waals surface area contributed by atoms with Gasteiger partial charge in [0.25, 0.3) is 0 Å². The fourth-order valence-electron chi connectivity index (χ4n) is 1.97. The molecule has 1 heterocycles. The molecule has 1 aromatic heterocycles. The number of nitrogens with zero attached hydrogens (tertiary/aromatic N) is 1. The minimum atomic E-state index is 0.908. The molecule has 1 radical (unpaired) electrons. The molecule has 0 atom stereocenters. The summed E-state index contributed by atoms with van der Waals surface area (Å²) in [5.74, 6) is 0. The van der Waals surface area contributed by atoms with Crippen molar-refractivity contribution >= 4 is 10.9 Å². The van der Waals surface area contributed by atoms with Gasteiger partial charge in [0.05, 0.1) is 0 Å². The van der Waals surface area contributed by atoms with Crippen molar-refractivity contribution in [2.24, 2.45) is 0 Å². The molecule has 3 rings (SSSR count). The highest BCUT2D eigenvalue weighted by atomic mass is 14.9. The zero-order valence-electron chi connectivity index (χ0n) is 8.93. The maximum absolute atomic E-state index is 3.27. The van der Waals surface area contributed by atoms with Gasteiger partial charge in [0.2, 0.25) is 0 Å². The molecule has 2 aromatic carbocycles. The van der Waals surface area contributed by atoms with E-state index in [0.29, 0.717) is 0 Å². The molecule has 0 aliphatic rings. The van der Waals surface area contributed by atoms with E-state index in [0.717, 1.165) is 6.54 Å². The predicted molar refractivity (Wildman–Crippen MR) is 66.3 cm³/mol. The molecule has 0 unspecified atom stereocenters. The van der Waals surface area contributed by atoms with Crippen LogP contribution in [0, 0.1) is 6.07 Å². The standard InChI is InChI=1S/C15H12N/c1-2-6-13(7-3-1)12-16-11-10-14-8-4-5-9-15(14)16/h1-9,11H,12H2. The van der Waals surface area contributed by atoms with Crippen LogP contribution in [-0.2, 0) is 6.54 Å². The zero-order valence-corrected chi connectivity index (χ0v) is 8.93. The smallest absolute Gasteiger partial charge is 0.0489 e. The number of benzene rings is 2. The summed E-state index contributed by atoms with van der Waals surface area (Å²) in [6, 6.07) is 22.1. The molecule has 0 aliphatic heterocycles. The number of aromatic nitrogens is 1. The van der Waals surface area contributed by atoms with Crippen LogP contribution >= 0.6 is 0 Å². The lowest BCUT2D eigenvalue weighted by Crippen LogP contribution is -1.96. The number of hydrogen-bond acceptors (Lipinski definition) is 0. The van der Waals surface area contributed by atoms with Crippen molar-refractivity contribution in [3.63, 3.8) is 0 Å². The highest BCUT2D eigenvalue weighted by Gasteiger charge is 2.00. The molecule has 0 bridgehead atoms. The van der Waals surface area contributed by atoms with E-state index in [9.17, 15) is 0 Å². The molecule has 0 N–H and O–H groups in total. The van der Waals surface area contributed by atoms with Gasteiger partial charge in [-0.1, -0.05) is 48.5 Å². The number of rotatable bonds is 2. The van der Waals surface area contributed by atoms with Crippen LogP contribution in [-0.4, -0.2) is 4.57 Å². The third-order valence-electron chi connectivity index (χ3n) is 2.79. The molecule has 77 valence electrons. The summed E-state index contributed by atoms with van der Waals surface area (Å²) in [5, 5.41) is 1.18. The van der Waals surface area contributed by atoms with Crippen LogP contribution < -0.4 is 0 Å². The van der Waals surface area contributed by atoms with Crippen LogP contribution in [0.15, 0.2) is 60.8 Å². The Labute approximate surface area is 95.0 Å². The van der Waals surface area contributed by atoms with Gasteiger partial charge in [-0.2, -0.15) is 0 Å². The lowest BCUT2D eigenvalue weighted by molar-refractivity contribution is 0.836. The fraction of sp³-hybridized carbons (Fsp3) is 0.0667. The van der Waals surface area contributed by atoms with E-state index < -0.39 is 0 Å².